The Bertz CT molecular complexity index is 704. The topological polar surface area (TPSA) is 58.1 Å². The lowest BCUT2D eigenvalue weighted by molar-refractivity contribution is 0.0701. The molecule has 5 nitrogen and oxygen atoms in total. The van der Waals surface area contributed by atoms with Crippen LogP contribution in [0.3, 0.4) is 0 Å². The van der Waals surface area contributed by atoms with Gasteiger partial charge in [-0.15, -0.1) is 0 Å². The second-order valence-electron chi connectivity index (χ2n) is 6.25. The second-order valence-corrected chi connectivity index (χ2v) is 7.25. The van der Waals surface area contributed by atoms with Gasteiger partial charge in [0.1, 0.15) is 10.7 Å². The van der Waals surface area contributed by atoms with Gasteiger partial charge in [0.15, 0.2) is 5.13 Å². The van der Waals surface area contributed by atoms with E-state index in [2.05, 4.69) is 22.2 Å². The molecule has 3 heterocycles. The van der Waals surface area contributed by atoms with Crippen LogP contribution in [0.4, 0.5) is 10.9 Å². The molecule has 0 unspecified atom stereocenters. The van der Waals surface area contributed by atoms with Gasteiger partial charge in [-0.3, -0.25) is 4.79 Å². The largest absolute Gasteiger partial charge is 0.338 e. The summed E-state index contributed by atoms with van der Waals surface area (Å²) >= 11 is 1.41. The fraction of sp³-hybridized carbons (Fsp3) is 0.471. The monoisotopic (exact) mass is 330 g/mol. The van der Waals surface area contributed by atoms with Crippen LogP contribution in [0.1, 0.15) is 40.7 Å². The van der Waals surface area contributed by atoms with E-state index in [4.69, 9.17) is 0 Å². The molecule has 1 amide bonds. The van der Waals surface area contributed by atoms with Crippen molar-refractivity contribution in [2.75, 3.05) is 18.4 Å². The maximum Gasteiger partial charge on any atom is 0.265 e. The van der Waals surface area contributed by atoms with Crippen molar-refractivity contribution in [3.63, 3.8) is 0 Å². The molecule has 0 bridgehead atoms. The van der Waals surface area contributed by atoms with E-state index in [0.29, 0.717) is 11.0 Å². The second kappa shape index (κ2) is 6.66. The van der Waals surface area contributed by atoms with Crippen molar-refractivity contribution in [1.82, 2.24) is 14.9 Å². The van der Waals surface area contributed by atoms with Crippen molar-refractivity contribution in [3.8, 4) is 0 Å². The summed E-state index contributed by atoms with van der Waals surface area (Å²) in [5, 5.41) is 3.91. The van der Waals surface area contributed by atoms with Crippen molar-refractivity contribution in [2.24, 2.45) is 5.92 Å². The Morgan fingerprint density at radius 2 is 2.09 bits per heavy atom. The van der Waals surface area contributed by atoms with Gasteiger partial charge in [0.25, 0.3) is 5.91 Å². The molecule has 0 radical (unpaired) electrons. The minimum absolute atomic E-state index is 0.108. The fourth-order valence-corrected chi connectivity index (χ4v) is 3.66. The van der Waals surface area contributed by atoms with Crippen LogP contribution >= 0.6 is 11.3 Å². The van der Waals surface area contributed by atoms with Gasteiger partial charge in [-0.2, -0.15) is 0 Å². The number of amides is 1. The number of hydrogen-bond acceptors (Lipinski definition) is 5. The van der Waals surface area contributed by atoms with Crippen LogP contribution in [0, 0.1) is 19.8 Å². The third-order valence-electron chi connectivity index (χ3n) is 4.21. The molecule has 1 fully saturated rings. The number of hydrogen-bond donors (Lipinski definition) is 1. The molecule has 2 aromatic heterocycles. The van der Waals surface area contributed by atoms with Crippen LogP contribution in [-0.4, -0.2) is 33.9 Å². The number of anilines is 2. The highest BCUT2D eigenvalue weighted by Crippen LogP contribution is 2.28. The first-order valence-electron chi connectivity index (χ1n) is 7.99. The van der Waals surface area contributed by atoms with Gasteiger partial charge in [0, 0.05) is 19.3 Å². The summed E-state index contributed by atoms with van der Waals surface area (Å²) in [7, 11) is 0. The molecule has 23 heavy (non-hydrogen) atoms. The first-order valence-corrected chi connectivity index (χ1v) is 8.81. The van der Waals surface area contributed by atoms with Crippen LogP contribution < -0.4 is 5.32 Å². The van der Waals surface area contributed by atoms with Crippen LogP contribution in [0.25, 0.3) is 0 Å². The molecule has 2 aromatic rings. The number of rotatable bonds is 3. The predicted octanol–water partition coefficient (Wildman–Crippen LogP) is 3.77. The third-order valence-corrected chi connectivity index (χ3v) is 5.27. The van der Waals surface area contributed by atoms with E-state index in [9.17, 15) is 4.79 Å². The number of nitrogens with one attached hydrogen (secondary N) is 1. The van der Waals surface area contributed by atoms with E-state index in [0.717, 1.165) is 47.9 Å². The Balaban J connectivity index is 1.74. The molecule has 0 spiro atoms. The first kappa shape index (κ1) is 15.9. The summed E-state index contributed by atoms with van der Waals surface area (Å²) in [6.45, 7) is 7.85. The van der Waals surface area contributed by atoms with Gasteiger partial charge in [-0.1, -0.05) is 18.3 Å². The summed E-state index contributed by atoms with van der Waals surface area (Å²) in [4.78, 5) is 24.1. The zero-order chi connectivity index (χ0) is 16.4. The molecule has 1 aliphatic heterocycles. The number of piperidine rings is 1. The van der Waals surface area contributed by atoms with E-state index >= 15 is 0 Å². The number of aromatic nitrogens is 2. The highest BCUT2D eigenvalue weighted by Gasteiger charge is 2.25. The van der Waals surface area contributed by atoms with E-state index in [-0.39, 0.29) is 5.91 Å². The molecule has 3 rings (SSSR count). The molecule has 0 saturated carbocycles. The number of thiazole rings is 1. The molecular formula is C17H22N4OS. The first-order chi connectivity index (χ1) is 11.0. The Kier molecular flexibility index (Phi) is 4.61. The van der Waals surface area contributed by atoms with Gasteiger partial charge in [-0.25, -0.2) is 9.97 Å². The van der Waals surface area contributed by atoms with Gasteiger partial charge >= 0.3 is 0 Å². The number of aryl methyl sites for hydroxylation is 2. The summed E-state index contributed by atoms with van der Waals surface area (Å²) in [5.74, 6) is 1.58. The van der Waals surface area contributed by atoms with Crippen molar-refractivity contribution in [1.29, 1.82) is 0 Å². The Hall–Kier alpha value is -1.95. The van der Waals surface area contributed by atoms with Crippen molar-refractivity contribution in [3.05, 3.63) is 34.5 Å². The average Bonchev–Trinajstić information content (AvgIpc) is 2.88. The smallest absolute Gasteiger partial charge is 0.265 e. The highest BCUT2D eigenvalue weighted by atomic mass is 32.1. The number of carbonyl (C=O) groups excluding carboxylic acids is 1. The summed E-state index contributed by atoms with van der Waals surface area (Å²) < 4.78 is 0. The lowest BCUT2D eigenvalue weighted by Crippen LogP contribution is -2.37. The van der Waals surface area contributed by atoms with Crippen LogP contribution in [0.2, 0.25) is 0 Å². The highest BCUT2D eigenvalue weighted by molar-refractivity contribution is 7.17. The van der Waals surface area contributed by atoms with E-state index in [1.54, 1.807) is 6.20 Å². The number of pyridine rings is 1. The zero-order valence-corrected chi connectivity index (χ0v) is 14.6. The summed E-state index contributed by atoms with van der Waals surface area (Å²) in [6.07, 6.45) is 3.93. The maximum atomic E-state index is 12.7. The molecule has 0 aliphatic carbocycles. The standard InChI is InChI=1S/C17H22N4OS/c1-11-5-8-21(9-6-11)16(22)15-13(3)19-17(23-15)20-14-10-12(2)4-7-18-14/h4,7,10-11H,5-6,8-9H2,1-3H3,(H,18,19,20). The Labute approximate surface area is 140 Å². The van der Waals surface area contributed by atoms with Gasteiger partial charge < -0.3 is 10.2 Å². The predicted molar refractivity (Wildman–Crippen MR) is 93.4 cm³/mol. The van der Waals surface area contributed by atoms with Crippen LogP contribution in [0.15, 0.2) is 18.3 Å². The van der Waals surface area contributed by atoms with Crippen LogP contribution in [-0.2, 0) is 0 Å². The van der Waals surface area contributed by atoms with Gasteiger partial charge in [-0.05, 0) is 50.3 Å². The fourth-order valence-electron chi connectivity index (χ4n) is 2.72. The molecule has 1 N–H and O–H groups in total. The van der Waals surface area contributed by atoms with Crippen molar-refractivity contribution in [2.45, 2.75) is 33.6 Å². The molecule has 122 valence electrons. The molecule has 1 aliphatic rings. The van der Waals surface area contributed by atoms with Gasteiger partial charge in [0.05, 0.1) is 5.69 Å². The molecule has 0 aromatic carbocycles. The Morgan fingerprint density at radius 1 is 1.35 bits per heavy atom. The molecule has 0 atom stereocenters. The lowest BCUT2D eigenvalue weighted by atomic mass is 9.99. The number of carbonyl (C=O) groups is 1. The minimum Gasteiger partial charge on any atom is -0.338 e. The zero-order valence-electron chi connectivity index (χ0n) is 13.8. The average molecular weight is 330 g/mol. The molecular weight excluding hydrogens is 308 g/mol. The van der Waals surface area contributed by atoms with Crippen LogP contribution in [0.5, 0.6) is 0 Å². The minimum atomic E-state index is 0.108. The third kappa shape index (κ3) is 3.69. The quantitative estimate of drug-likeness (QED) is 0.930. The molecule has 1 saturated heterocycles. The van der Waals surface area contributed by atoms with E-state index in [1.165, 1.54) is 11.3 Å². The normalized spacial score (nSPS) is 15.7. The maximum absolute atomic E-state index is 12.7. The summed E-state index contributed by atoms with van der Waals surface area (Å²) in [6, 6.07) is 3.91. The van der Waals surface area contributed by atoms with E-state index < -0.39 is 0 Å². The molecule has 6 heteroatoms. The number of likely N-dealkylation sites (tertiary alicyclic amines) is 1. The summed E-state index contributed by atoms with van der Waals surface area (Å²) in [5.41, 5.74) is 1.92. The SMILES string of the molecule is Cc1ccnc(Nc2nc(C)c(C(=O)N3CCC(C)CC3)s2)c1. The number of nitrogens with zero attached hydrogens (tertiary/aromatic N) is 3. The Morgan fingerprint density at radius 3 is 2.78 bits per heavy atom. The van der Waals surface area contributed by atoms with E-state index in [1.807, 2.05) is 30.9 Å². The van der Waals surface area contributed by atoms with Crippen molar-refractivity contribution >= 4 is 28.2 Å². The van der Waals surface area contributed by atoms with Crippen molar-refractivity contribution < 1.29 is 4.79 Å². The van der Waals surface area contributed by atoms with Gasteiger partial charge in [0.2, 0.25) is 0 Å². The lowest BCUT2D eigenvalue weighted by Gasteiger charge is -2.29.